The van der Waals surface area contributed by atoms with Crippen LogP contribution in [0.3, 0.4) is 0 Å². The number of nitrogens with two attached hydrogens (primary N) is 1. The van der Waals surface area contributed by atoms with Gasteiger partial charge in [0, 0.05) is 16.6 Å². The minimum absolute atomic E-state index is 0.424. The molecule has 0 saturated heterocycles. The smallest absolute Gasteiger partial charge is 0.123 e. The van der Waals surface area contributed by atoms with Crippen LogP contribution >= 0.6 is 11.6 Å². The highest BCUT2D eigenvalue weighted by molar-refractivity contribution is 6.30. The summed E-state index contributed by atoms with van der Waals surface area (Å²) in [5, 5.41) is 8.99. The monoisotopic (exact) mass is 222 g/mol. The van der Waals surface area contributed by atoms with Gasteiger partial charge in [-0.3, -0.25) is 0 Å². The second kappa shape index (κ2) is 5.38. The fraction of sp³-hybridized carbons (Fsp3) is 0.273. The number of carbonyl (C=O) groups excluding carboxylic acids is 1. The van der Waals surface area contributed by atoms with E-state index < -0.39 is 0 Å². The Morgan fingerprint density at radius 1 is 1.53 bits per heavy atom. The van der Waals surface area contributed by atoms with E-state index in [1.165, 1.54) is 6.07 Å². The molecule has 0 aliphatic heterocycles. The largest absolute Gasteiger partial charge is 0.398 e. The fourth-order valence-electron chi connectivity index (χ4n) is 0.858. The number of nitriles is 1. The van der Waals surface area contributed by atoms with E-state index in [0.29, 0.717) is 22.2 Å². The topological polar surface area (TPSA) is 66.9 Å². The van der Waals surface area contributed by atoms with Gasteiger partial charge in [0.1, 0.15) is 12.4 Å². The maximum absolute atomic E-state index is 9.57. The second-order valence-electron chi connectivity index (χ2n) is 3.32. The molecule has 0 amide bonds. The van der Waals surface area contributed by atoms with Crippen LogP contribution in [0.1, 0.15) is 18.4 Å². The molecule has 1 saturated carbocycles. The van der Waals surface area contributed by atoms with Crippen LogP contribution in [-0.2, 0) is 4.79 Å². The quantitative estimate of drug-likeness (QED) is 0.586. The van der Waals surface area contributed by atoms with E-state index in [9.17, 15) is 4.79 Å². The molecule has 1 aromatic rings. The predicted molar refractivity (Wildman–Crippen MR) is 59.4 cm³/mol. The van der Waals surface area contributed by atoms with Crippen LogP contribution in [0.25, 0.3) is 0 Å². The third-order valence-electron chi connectivity index (χ3n) is 1.95. The normalized spacial score (nSPS) is 13.3. The highest BCUT2D eigenvalue weighted by Gasteiger charge is 2.18. The van der Waals surface area contributed by atoms with E-state index in [-0.39, 0.29) is 0 Å². The zero-order valence-electron chi connectivity index (χ0n) is 8.11. The average Bonchev–Trinajstić information content (AvgIpc) is 3.06. The number of carbonyl (C=O) groups is 1. The molecule has 1 aliphatic carbocycles. The predicted octanol–water partition coefficient (Wildman–Crippen LogP) is 2.39. The summed E-state index contributed by atoms with van der Waals surface area (Å²) < 4.78 is 0. The molecule has 0 spiro atoms. The van der Waals surface area contributed by atoms with Crippen molar-refractivity contribution in [3.05, 3.63) is 28.8 Å². The lowest BCUT2D eigenvalue weighted by atomic mass is 10.2. The highest BCUT2D eigenvalue weighted by Crippen LogP contribution is 2.25. The summed E-state index contributed by atoms with van der Waals surface area (Å²) in [6.45, 7) is 0. The van der Waals surface area contributed by atoms with Gasteiger partial charge >= 0.3 is 0 Å². The van der Waals surface area contributed by atoms with Crippen molar-refractivity contribution in [1.29, 1.82) is 5.26 Å². The van der Waals surface area contributed by atoms with Gasteiger partial charge in [-0.25, -0.2) is 0 Å². The first-order valence-corrected chi connectivity index (χ1v) is 4.95. The van der Waals surface area contributed by atoms with Gasteiger partial charge in [-0.1, -0.05) is 11.6 Å². The fourth-order valence-corrected chi connectivity index (χ4v) is 1.03. The third-order valence-corrected chi connectivity index (χ3v) is 2.19. The Kier molecular flexibility index (Phi) is 4.14. The number of aldehydes is 1. The Balaban J connectivity index is 0.000000187. The van der Waals surface area contributed by atoms with Gasteiger partial charge in [-0.15, -0.1) is 0 Å². The molecule has 3 nitrogen and oxygen atoms in total. The minimum Gasteiger partial charge on any atom is -0.398 e. The molecule has 15 heavy (non-hydrogen) atoms. The van der Waals surface area contributed by atoms with E-state index in [4.69, 9.17) is 22.6 Å². The van der Waals surface area contributed by atoms with Gasteiger partial charge in [0.05, 0.1) is 5.56 Å². The molecular weight excluding hydrogens is 212 g/mol. The van der Waals surface area contributed by atoms with Gasteiger partial charge in [0.15, 0.2) is 0 Å². The van der Waals surface area contributed by atoms with E-state index in [2.05, 4.69) is 0 Å². The van der Waals surface area contributed by atoms with Gasteiger partial charge < -0.3 is 10.5 Å². The number of nitrogens with zero attached hydrogens (tertiary/aromatic N) is 1. The van der Waals surface area contributed by atoms with Crippen molar-refractivity contribution < 1.29 is 4.79 Å². The molecule has 2 rings (SSSR count). The number of nitrogen functional groups attached to an aromatic ring is 1. The minimum atomic E-state index is 0.424. The molecule has 0 radical (unpaired) electrons. The first-order chi connectivity index (χ1) is 7.17. The molecule has 0 unspecified atom stereocenters. The van der Waals surface area contributed by atoms with Crippen LogP contribution in [0, 0.1) is 17.2 Å². The van der Waals surface area contributed by atoms with Crippen LogP contribution in [0.2, 0.25) is 5.02 Å². The molecule has 1 fully saturated rings. The Bertz CT molecular complexity index is 394. The van der Waals surface area contributed by atoms with Crippen LogP contribution < -0.4 is 5.73 Å². The number of anilines is 1. The standard InChI is InChI=1S/C7H5ClN2.C4H6O/c8-6-1-2-7(10)5(3-6)4-9;5-3-4-1-2-4/h1-3H,10H2;3-4H,1-2H2. The first-order valence-electron chi connectivity index (χ1n) is 4.57. The summed E-state index contributed by atoms with van der Waals surface area (Å²) in [6.07, 6.45) is 3.31. The zero-order chi connectivity index (χ0) is 11.3. The van der Waals surface area contributed by atoms with E-state index in [0.717, 1.165) is 19.1 Å². The van der Waals surface area contributed by atoms with Gasteiger partial charge in [0.2, 0.25) is 0 Å². The molecule has 0 atom stereocenters. The number of halogens is 1. The molecule has 1 aromatic carbocycles. The van der Waals surface area contributed by atoms with E-state index in [1.54, 1.807) is 12.1 Å². The van der Waals surface area contributed by atoms with Crippen molar-refractivity contribution >= 4 is 23.6 Å². The maximum Gasteiger partial charge on any atom is 0.123 e. The van der Waals surface area contributed by atoms with Crippen molar-refractivity contribution in [3.63, 3.8) is 0 Å². The second-order valence-corrected chi connectivity index (χ2v) is 3.75. The van der Waals surface area contributed by atoms with Crippen molar-refractivity contribution in [1.82, 2.24) is 0 Å². The molecule has 78 valence electrons. The van der Waals surface area contributed by atoms with Crippen LogP contribution in [0.5, 0.6) is 0 Å². The molecule has 4 heteroatoms. The highest BCUT2D eigenvalue weighted by atomic mass is 35.5. The molecule has 2 N–H and O–H groups in total. The summed E-state index contributed by atoms with van der Waals surface area (Å²) in [6, 6.07) is 6.73. The summed E-state index contributed by atoms with van der Waals surface area (Å²) >= 11 is 5.59. The van der Waals surface area contributed by atoms with E-state index in [1.807, 2.05) is 6.07 Å². The lowest BCUT2D eigenvalue weighted by Gasteiger charge is -1.94. The number of hydrogen-bond donors (Lipinski definition) is 1. The van der Waals surface area contributed by atoms with Crippen LogP contribution in [0.15, 0.2) is 18.2 Å². The molecule has 0 bridgehead atoms. The van der Waals surface area contributed by atoms with Gasteiger partial charge in [-0.2, -0.15) is 5.26 Å². The first kappa shape index (κ1) is 11.5. The summed E-state index contributed by atoms with van der Waals surface area (Å²) in [4.78, 5) is 9.57. The summed E-state index contributed by atoms with van der Waals surface area (Å²) in [5.74, 6) is 0.454. The van der Waals surface area contributed by atoms with Crippen molar-refractivity contribution in [3.8, 4) is 6.07 Å². The molecule has 1 aliphatic rings. The van der Waals surface area contributed by atoms with Crippen molar-refractivity contribution in [2.75, 3.05) is 5.73 Å². The Labute approximate surface area is 93.5 Å². The lowest BCUT2D eigenvalue weighted by Crippen LogP contribution is -1.88. The Morgan fingerprint density at radius 3 is 2.53 bits per heavy atom. The maximum atomic E-state index is 9.57. The molecule has 0 aromatic heterocycles. The van der Waals surface area contributed by atoms with Crippen molar-refractivity contribution in [2.24, 2.45) is 5.92 Å². The summed E-state index contributed by atoms with van der Waals surface area (Å²) in [7, 11) is 0. The van der Waals surface area contributed by atoms with E-state index >= 15 is 0 Å². The zero-order valence-corrected chi connectivity index (χ0v) is 8.87. The molecular formula is C11H11ClN2O. The summed E-state index contributed by atoms with van der Waals surface area (Å²) in [5.41, 5.74) is 6.31. The number of hydrogen-bond acceptors (Lipinski definition) is 3. The lowest BCUT2D eigenvalue weighted by molar-refractivity contribution is -0.108. The van der Waals surface area contributed by atoms with Gasteiger partial charge in [0.25, 0.3) is 0 Å². The number of rotatable bonds is 1. The van der Waals surface area contributed by atoms with Crippen LogP contribution in [-0.4, -0.2) is 6.29 Å². The van der Waals surface area contributed by atoms with Crippen LogP contribution in [0.4, 0.5) is 5.69 Å². The van der Waals surface area contributed by atoms with Crippen molar-refractivity contribution in [2.45, 2.75) is 12.8 Å². The van der Waals surface area contributed by atoms with Gasteiger partial charge in [-0.05, 0) is 31.0 Å². The SMILES string of the molecule is N#Cc1cc(Cl)ccc1N.O=CC1CC1. The third kappa shape index (κ3) is 4.01. The number of benzene rings is 1. The Morgan fingerprint density at radius 2 is 2.20 bits per heavy atom. The Hall–Kier alpha value is -1.53. The molecule has 0 heterocycles. The average molecular weight is 223 g/mol.